The lowest BCUT2D eigenvalue weighted by atomic mass is 10.2. The van der Waals surface area contributed by atoms with Gasteiger partial charge in [-0.2, -0.15) is 18.3 Å². The number of halogens is 3. The molecule has 1 aliphatic heterocycles. The molecule has 0 spiro atoms. The number of benzene rings is 1. The number of aryl methyl sites for hydroxylation is 1. The summed E-state index contributed by atoms with van der Waals surface area (Å²) in [6, 6.07) is 3.69. The third-order valence-corrected chi connectivity index (χ3v) is 6.13. The minimum Gasteiger partial charge on any atom is -0.484 e. The second kappa shape index (κ2) is 8.22. The zero-order valence-electron chi connectivity index (χ0n) is 16.7. The predicted octanol–water partition coefficient (Wildman–Crippen LogP) is 1.62. The number of ether oxygens (including phenoxy) is 1. The number of amides is 2. The van der Waals surface area contributed by atoms with Crippen molar-refractivity contribution >= 4 is 33.4 Å². The smallest absolute Gasteiger partial charge is 0.436 e. The summed E-state index contributed by atoms with van der Waals surface area (Å²) in [4.78, 5) is 21.1. The monoisotopic (exact) mass is 477 g/mol. The first-order valence-corrected chi connectivity index (χ1v) is 10.4. The molecule has 174 valence electrons. The van der Waals surface area contributed by atoms with Crippen molar-refractivity contribution in [3.8, 4) is 5.75 Å². The lowest BCUT2D eigenvalue weighted by molar-refractivity contribution is -0.143. The highest BCUT2D eigenvalue weighted by Gasteiger charge is 2.44. The quantitative estimate of drug-likeness (QED) is 0.594. The molecule has 2 amide bonds. The number of nitrogens with one attached hydrogen (secondary N) is 2. The lowest BCUT2D eigenvalue weighted by Crippen LogP contribution is -2.48. The van der Waals surface area contributed by atoms with Crippen molar-refractivity contribution in [3.05, 3.63) is 30.1 Å². The van der Waals surface area contributed by atoms with E-state index in [4.69, 9.17) is 9.84 Å². The summed E-state index contributed by atoms with van der Waals surface area (Å²) < 4.78 is 74.1. The molecular weight excluding hydrogens is 459 g/mol. The molecule has 3 N–H and O–H groups in total. The maximum Gasteiger partial charge on any atom is 0.436 e. The summed E-state index contributed by atoms with van der Waals surface area (Å²) in [5.74, 6) is -0.440. The number of carbonyl (C=O) groups is 2. The second-order valence-corrected chi connectivity index (χ2v) is 8.67. The van der Waals surface area contributed by atoms with Crippen LogP contribution in [0.3, 0.4) is 0 Å². The molecule has 0 fully saturated rings. The first kappa shape index (κ1) is 23.2. The molecule has 1 aromatic heterocycles. The van der Waals surface area contributed by atoms with Crippen molar-refractivity contribution in [2.24, 2.45) is 7.05 Å². The molecule has 2 aromatic rings. The van der Waals surface area contributed by atoms with Crippen LogP contribution < -0.4 is 19.7 Å². The lowest BCUT2D eigenvalue weighted by Gasteiger charge is -2.35. The Morgan fingerprint density at radius 1 is 1.34 bits per heavy atom. The highest BCUT2D eigenvalue weighted by Crippen LogP contribution is 2.41. The third-order valence-electron chi connectivity index (χ3n) is 4.35. The molecule has 1 unspecified atom stereocenters. The molecule has 0 radical (unpaired) electrons. The van der Waals surface area contributed by atoms with Crippen LogP contribution in [0.5, 0.6) is 5.75 Å². The summed E-state index contributed by atoms with van der Waals surface area (Å²) in [5, 5.41) is 16.7. The Kier molecular flexibility index (Phi) is 5.95. The summed E-state index contributed by atoms with van der Waals surface area (Å²) in [7, 11) is -3.67. The Balaban J connectivity index is 2.12. The molecule has 2 heterocycles. The van der Waals surface area contributed by atoms with Gasteiger partial charge < -0.3 is 15.2 Å². The molecule has 0 saturated heterocycles. The maximum absolute atomic E-state index is 13.4. The van der Waals surface area contributed by atoms with Gasteiger partial charge in [-0.05, 0) is 18.2 Å². The fourth-order valence-electron chi connectivity index (χ4n) is 3.08. The number of nitrogens with zero attached hydrogens (tertiary/aromatic N) is 3. The average molecular weight is 477 g/mol. The van der Waals surface area contributed by atoms with Crippen LogP contribution in [0.25, 0.3) is 0 Å². The van der Waals surface area contributed by atoms with E-state index in [1.807, 2.05) is 5.32 Å². The van der Waals surface area contributed by atoms with E-state index in [9.17, 15) is 31.2 Å². The Bertz CT molecular complexity index is 1160. The van der Waals surface area contributed by atoms with Gasteiger partial charge in [0.05, 0.1) is 18.8 Å². The fourth-order valence-corrected chi connectivity index (χ4v) is 4.76. The van der Waals surface area contributed by atoms with E-state index in [0.29, 0.717) is 4.31 Å². The number of aromatic nitrogens is 2. The molecule has 1 atom stereocenters. The molecule has 1 aliphatic rings. The number of carbonyl (C=O) groups excluding carboxylic acids is 1. The highest BCUT2D eigenvalue weighted by atomic mass is 32.2. The van der Waals surface area contributed by atoms with Gasteiger partial charge in [-0.15, -0.1) is 0 Å². The van der Waals surface area contributed by atoms with E-state index >= 15 is 0 Å². The zero-order valence-corrected chi connectivity index (χ0v) is 17.5. The first-order chi connectivity index (χ1) is 14.8. The van der Waals surface area contributed by atoms with Gasteiger partial charge in [0.1, 0.15) is 16.7 Å². The summed E-state index contributed by atoms with van der Waals surface area (Å²) >= 11 is 0. The first-order valence-electron chi connectivity index (χ1n) is 8.97. The van der Waals surface area contributed by atoms with Crippen LogP contribution in [-0.2, 0) is 28.0 Å². The number of alkyl halides is 3. The van der Waals surface area contributed by atoms with Crippen molar-refractivity contribution in [3.63, 3.8) is 0 Å². The molecule has 11 nitrogen and oxygen atoms in total. The Morgan fingerprint density at radius 2 is 2.03 bits per heavy atom. The van der Waals surface area contributed by atoms with Crippen LogP contribution in [0.2, 0.25) is 0 Å². The molecule has 0 aliphatic carbocycles. The van der Waals surface area contributed by atoms with E-state index in [1.54, 1.807) is 0 Å². The Morgan fingerprint density at radius 3 is 2.62 bits per heavy atom. The maximum atomic E-state index is 13.4. The van der Waals surface area contributed by atoms with Crippen molar-refractivity contribution in [1.82, 2.24) is 15.1 Å². The van der Waals surface area contributed by atoms with Crippen molar-refractivity contribution in [2.75, 3.05) is 22.7 Å². The zero-order chi connectivity index (χ0) is 23.8. The van der Waals surface area contributed by atoms with Crippen molar-refractivity contribution in [2.45, 2.75) is 24.1 Å². The standard InChI is InChI=1S/C17H18F3N5O6S/c1-9(26)21-6-11-7-25(12-5-10(22-16(27)28)3-4-13(12)31-11)32(29,30)14-8-24(2)23-15(14)17(18,19)20/h3-5,8,11,22H,6-7H2,1-2H3,(H,21,26)(H,27,28). The molecule has 0 saturated carbocycles. The van der Waals surface area contributed by atoms with Crippen LogP contribution in [0.4, 0.5) is 29.3 Å². The van der Waals surface area contributed by atoms with E-state index in [0.717, 1.165) is 24.0 Å². The van der Waals surface area contributed by atoms with Gasteiger partial charge >= 0.3 is 12.3 Å². The molecular formula is C17H18F3N5O6S. The molecule has 15 heteroatoms. The topological polar surface area (TPSA) is 143 Å². The Labute approximate surface area is 179 Å². The highest BCUT2D eigenvalue weighted by molar-refractivity contribution is 7.92. The number of anilines is 2. The summed E-state index contributed by atoms with van der Waals surface area (Å²) in [6.45, 7) is 0.674. The van der Waals surface area contributed by atoms with Crippen LogP contribution in [0.15, 0.2) is 29.3 Å². The molecule has 0 bridgehead atoms. The minimum absolute atomic E-state index is 0.0245. The summed E-state index contributed by atoms with van der Waals surface area (Å²) in [6.07, 6.45) is -6.66. The number of rotatable bonds is 5. The average Bonchev–Trinajstić information content (AvgIpc) is 3.08. The van der Waals surface area contributed by atoms with Crippen LogP contribution in [0, 0.1) is 0 Å². The number of fused-ring (bicyclic) bond motifs is 1. The van der Waals surface area contributed by atoms with E-state index in [1.165, 1.54) is 19.1 Å². The predicted molar refractivity (Wildman–Crippen MR) is 104 cm³/mol. The van der Waals surface area contributed by atoms with Crippen molar-refractivity contribution in [1.29, 1.82) is 0 Å². The van der Waals surface area contributed by atoms with Gasteiger partial charge in [0.2, 0.25) is 5.91 Å². The van der Waals surface area contributed by atoms with Gasteiger partial charge in [-0.25, -0.2) is 13.2 Å². The molecule has 32 heavy (non-hydrogen) atoms. The van der Waals surface area contributed by atoms with Gasteiger partial charge in [0.25, 0.3) is 10.0 Å². The molecule has 1 aromatic carbocycles. The number of carboxylic acid groups (broad SMARTS) is 1. The van der Waals surface area contributed by atoms with Crippen molar-refractivity contribution < 1.29 is 41.0 Å². The number of hydrogen-bond donors (Lipinski definition) is 3. The summed E-state index contributed by atoms with van der Waals surface area (Å²) in [5.41, 5.74) is -1.79. The van der Waals surface area contributed by atoms with Crippen LogP contribution in [-0.4, -0.2) is 54.5 Å². The van der Waals surface area contributed by atoms with Gasteiger partial charge in [0.15, 0.2) is 5.69 Å². The van der Waals surface area contributed by atoms with E-state index < -0.39 is 51.4 Å². The third kappa shape index (κ3) is 4.71. The largest absolute Gasteiger partial charge is 0.484 e. The normalized spacial score (nSPS) is 16.2. The second-order valence-electron chi connectivity index (χ2n) is 6.84. The Hall–Kier alpha value is -3.49. The van der Waals surface area contributed by atoms with Gasteiger partial charge in [0, 0.05) is 25.9 Å². The van der Waals surface area contributed by atoms with Gasteiger partial charge in [-0.3, -0.25) is 19.1 Å². The fraction of sp³-hybridized carbons (Fsp3) is 0.353. The SMILES string of the molecule is CC(=O)NCC1CN(S(=O)(=O)c2cn(C)nc2C(F)(F)F)c2cc(NC(=O)O)ccc2O1. The minimum atomic E-state index is -5.04. The van der Waals surface area contributed by atoms with Crippen LogP contribution in [0.1, 0.15) is 12.6 Å². The van der Waals surface area contributed by atoms with E-state index in [-0.39, 0.29) is 23.7 Å². The molecule has 3 rings (SSSR count). The number of sulfonamides is 1. The van der Waals surface area contributed by atoms with Crippen LogP contribution >= 0.6 is 0 Å². The van der Waals surface area contributed by atoms with E-state index in [2.05, 4.69) is 10.4 Å². The van der Waals surface area contributed by atoms with Gasteiger partial charge in [-0.1, -0.05) is 0 Å². The number of hydrogen-bond acceptors (Lipinski definition) is 6.